The zero-order valence-electron chi connectivity index (χ0n) is 16.3. The van der Waals surface area contributed by atoms with E-state index in [-0.39, 0.29) is 16.8 Å². The van der Waals surface area contributed by atoms with E-state index in [1.54, 1.807) is 42.5 Å². The minimum absolute atomic E-state index is 0.145. The number of hydrogen-bond donors (Lipinski definition) is 2. The Morgan fingerprint density at radius 1 is 1.21 bits per heavy atom. The number of amides is 1. The first-order chi connectivity index (χ1) is 14.0. The summed E-state index contributed by atoms with van der Waals surface area (Å²) in [5.74, 6) is -1.16. The standard InChI is InChI=1S/C22H22ClN3O3/c1-3-4-11-29-22(28)18-7-5-6-8-20(18)26-21(27)16(13-24)14-25-19-10-9-17(23)12-15(19)2/h5-10,12,14,25H,3-4,11H2,1-2H3,(H,26,27)/b16-14-. The number of nitrogens with one attached hydrogen (secondary N) is 2. The molecule has 0 radical (unpaired) electrons. The Balaban J connectivity index is 2.13. The molecule has 0 saturated carbocycles. The quantitative estimate of drug-likeness (QED) is 0.274. The minimum atomic E-state index is -0.638. The van der Waals surface area contributed by atoms with Gasteiger partial charge in [0.2, 0.25) is 0 Å². The highest BCUT2D eigenvalue weighted by atomic mass is 35.5. The Morgan fingerprint density at radius 3 is 2.66 bits per heavy atom. The van der Waals surface area contributed by atoms with Crippen molar-refractivity contribution in [3.05, 3.63) is 70.4 Å². The van der Waals surface area contributed by atoms with Gasteiger partial charge in [0, 0.05) is 16.9 Å². The lowest BCUT2D eigenvalue weighted by Gasteiger charge is -2.11. The second kappa shape index (κ2) is 10.9. The van der Waals surface area contributed by atoms with E-state index in [0.29, 0.717) is 11.6 Å². The molecule has 2 aromatic rings. The number of esters is 1. The van der Waals surface area contributed by atoms with Gasteiger partial charge in [-0.3, -0.25) is 4.79 Å². The fourth-order valence-corrected chi connectivity index (χ4v) is 2.66. The highest BCUT2D eigenvalue weighted by Gasteiger charge is 2.16. The van der Waals surface area contributed by atoms with Crippen molar-refractivity contribution < 1.29 is 14.3 Å². The number of rotatable bonds is 8. The number of halogens is 1. The zero-order valence-corrected chi connectivity index (χ0v) is 17.0. The lowest BCUT2D eigenvalue weighted by atomic mass is 10.1. The van der Waals surface area contributed by atoms with E-state index in [2.05, 4.69) is 10.6 Å². The van der Waals surface area contributed by atoms with Crippen LogP contribution in [0.5, 0.6) is 0 Å². The molecule has 7 heteroatoms. The van der Waals surface area contributed by atoms with Crippen molar-refractivity contribution in [3.63, 3.8) is 0 Å². The molecule has 2 N–H and O–H groups in total. The maximum atomic E-state index is 12.5. The second-order valence-electron chi connectivity index (χ2n) is 6.26. The third kappa shape index (κ3) is 6.37. The molecule has 0 fully saturated rings. The third-order valence-corrected chi connectivity index (χ3v) is 4.29. The minimum Gasteiger partial charge on any atom is -0.462 e. The Bertz CT molecular complexity index is 964. The van der Waals surface area contributed by atoms with E-state index >= 15 is 0 Å². The van der Waals surface area contributed by atoms with Crippen LogP contribution in [-0.4, -0.2) is 18.5 Å². The number of ether oxygens (including phenoxy) is 1. The molecular weight excluding hydrogens is 390 g/mol. The molecule has 0 aliphatic heterocycles. The summed E-state index contributed by atoms with van der Waals surface area (Å²) in [5.41, 5.74) is 1.95. The van der Waals surface area contributed by atoms with Crippen molar-refractivity contribution in [2.24, 2.45) is 0 Å². The average Bonchev–Trinajstić information content (AvgIpc) is 2.70. The number of nitriles is 1. The van der Waals surface area contributed by atoms with Gasteiger partial charge in [-0.15, -0.1) is 0 Å². The van der Waals surface area contributed by atoms with Gasteiger partial charge in [-0.05, 0) is 49.2 Å². The van der Waals surface area contributed by atoms with Crippen LogP contribution < -0.4 is 10.6 Å². The van der Waals surface area contributed by atoms with E-state index in [1.807, 2.05) is 19.9 Å². The summed E-state index contributed by atoms with van der Waals surface area (Å²) in [6.45, 7) is 4.16. The highest BCUT2D eigenvalue weighted by molar-refractivity contribution is 6.30. The van der Waals surface area contributed by atoms with Crippen LogP contribution in [0.1, 0.15) is 35.7 Å². The molecule has 29 heavy (non-hydrogen) atoms. The van der Waals surface area contributed by atoms with Crippen molar-refractivity contribution in [1.29, 1.82) is 5.26 Å². The molecule has 0 spiro atoms. The summed E-state index contributed by atoms with van der Waals surface area (Å²) in [6, 6.07) is 13.6. The van der Waals surface area contributed by atoms with Crippen LogP contribution >= 0.6 is 11.6 Å². The Morgan fingerprint density at radius 2 is 1.97 bits per heavy atom. The number of carbonyl (C=O) groups is 2. The number of nitrogens with zero attached hydrogens (tertiary/aromatic N) is 1. The molecular formula is C22H22ClN3O3. The van der Waals surface area contributed by atoms with Gasteiger partial charge in [0.15, 0.2) is 0 Å². The molecule has 0 aliphatic rings. The van der Waals surface area contributed by atoms with Crippen molar-refractivity contribution in [1.82, 2.24) is 0 Å². The Hall–Kier alpha value is -3.30. The average molecular weight is 412 g/mol. The van der Waals surface area contributed by atoms with Crippen LogP contribution in [0.15, 0.2) is 54.2 Å². The molecule has 0 saturated heterocycles. The van der Waals surface area contributed by atoms with Crippen molar-refractivity contribution in [2.75, 3.05) is 17.2 Å². The van der Waals surface area contributed by atoms with E-state index in [4.69, 9.17) is 16.3 Å². The predicted molar refractivity (Wildman–Crippen MR) is 114 cm³/mol. The highest BCUT2D eigenvalue weighted by Crippen LogP contribution is 2.20. The van der Waals surface area contributed by atoms with Crippen molar-refractivity contribution in [3.8, 4) is 6.07 Å². The lowest BCUT2D eigenvalue weighted by Crippen LogP contribution is -2.18. The molecule has 0 aromatic heterocycles. The molecule has 1 amide bonds. The molecule has 0 unspecified atom stereocenters. The van der Waals surface area contributed by atoms with Crippen LogP contribution in [-0.2, 0) is 9.53 Å². The molecule has 0 atom stereocenters. The van der Waals surface area contributed by atoms with Gasteiger partial charge in [0.05, 0.1) is 17.9 Å². The van der Waals surface area contributed by atoms with Crippen molar-refractivity contribution >= 4 is 34.9 Å². The number of para-hydroxylation sites is 1. The van der Waals surface area contributed by atoms with Gasteiger partial charge in [-0.1, -0.05) is 37.1 Å². The first kappa shape index (κ1) is 22.0. The summed E-state index contributed by atoms with van der Waals surface area (Å²) in [6.07, 6.45) is 2.98. The maximum absolute atomic E-state index is 12.5. The molecule has 2 rings (SSSR count). The number of carbonyl (C=O) groups excluding carboxylic acids is 2. The van der Waals surface area contributed by atoms with Crippen LogP contribution in [0.4, 0.5) is 11.4 Å². The van der Waals surface area contributed by atoms with Gasteiger partial charge >= 0.3 is 5.97 Å². The van der Waals surface area contributed by atoms with Gasteiger partial charge in [-0.25, -0.2) is 4.79 Å². The van der Waals surface area contributed by atoms with Crippen molar-refractivity contribution in [2.45, 2.75) is 26.7 Å². The van der Waals surface area contributed by atoms with Gasteiger partial charge in [-0.2, -0.15) is 5.26 Å². The molecule has 0 aliphatic carbocycles. The second-order valence-corrected chi connectivity index (χ2v) is 6.70. The largest absolute Gasteiger partial charge is 0.462 e. The first-order valence-corrected chi connectivity index (χ1v) is 9.54. The Kier molecular flexibility index (Phi) is 8.26. The summed E-state index contributed by atoms with van der Waals surface area (Å²) >= 11 is 5.93. The first-order valence-electron chi connectivity index (χ1n) is 9.16. The monoisotopic (exact) mass is 411 g/mol. The summed E-state index contributed by atoms with van der Waals surface area (Å²) < 4.78 is 5.21. The normalized spacial score (nSPS) is 10.8. The van der Waals surface area contributed by atoms with Gasteiger partial charge in [0.1, 0.15) is 11.6 Å². The molecule has 2 aromatic carbocycles. The van der Waals surface area contributed by atoms with E-state index in [1.165, 1.54) is 6.20 Å². The lowest BCUT2D eigenvalue weighted by molar-refractivity contribution is -0.112. The number of unbranched alkanes of at least 4 members (excludes halogenated alkanes) is 1. The fraction of sp³-hybridized carbons (Fsp3) is 0.227. The topological polar surface area (TPSA) is 91.2 Å². The Labute approximate surface area is 175 Å². The van der Waals surface area contributed by atoms with E-state index in [9.17, 15) is 14.9 Å². The summed E-state index contributed by atoms with van der Waals surface area (Å²) in [7, 11) is 0. The zero-order chi connectivity index (χ0) is 21.2. The summed E-state index contributed by atoms with van der Waals surface area (Å²) in [4.78, 5) is 24.8. The molecule has 6 nitrogen and oxygen atoms in total. The number of aryl methyl sites for hydroxylation is 1. The number of hydrogen-bond acceptors (Lipinski definition) is 5. The van der Waals surface area contributed by atoms with E-state index in [0.717, 1.165) is 24.1 Å². The van der Waals surface area contributed by atoms with Gasteiger partial charge in [0.25, 0.3) is 5.91 Å². The smallest absolute Gasteiger partial charge is 0.340 e. The molecule has 0 heterocycles. The number of anilines is 2. The molecule has 150 valence electrons. The third-order valence-electron chi connectivity index (χ3n) is 4.05. The van der Waals surface area contributed by atoms with Gasteiger partial charge < -0.3 is 15.4 Å². The number of benzene rings is 2. The fourth-order valence-electron chi connectivity index (χ4n) is 2.43. The maximum Gasteiger partial charge on any atom is 0.340 e. The van der Waals surface area contributed by atoms with Crippen LogP contribution in [0.2, 0.25) is 5.02 Å². The van der Waals surface area contributed by atoms with Crippen LogP contribution in [0.3, 0.4) is 0 Å². The van der Waals surface area contributed by atoms with Crippen LogP contribution in [0.25, 0.3) is 0 Å². The summed E-state index contributed by atoms with van der Waals surface area (Å²) in [5, 5.41) is 15.5. The van der Waals surface area contributed by atoms with E-state index < -0.39 is 11.9 Å². The predicted octanol–water partition coefficient (Wildman–Crippen LogP) is 5.06. The SMILES string of the molecule is CCCCOC(=O)c1ccccc1NC(=O)/C(C#N)=C\Nc1ccc(Cl)cc1C. The molecule has 0 bridgehead atoms. The van der Waals surface area contributed by atoms with Crippen LogP contribution in [0, 0.1) is 18.3 Å².